The second kappa shape index (κ2) is 7.47. The van der Waals surface area contributed by atoms with Gasteiger partial charge in [0, 0.05) is 11.3 Å². The van der Waals surface area contributed by atoms with Crippen molar-refractivity contribution < 1.29 is 14.4 Å². The third-order valence-electron chi connectivity index (χ3n) is 2.89. The molecule has 0 bridgehead atoms. The van der Waals surface area contributed by atoms with Gasteiger partial charge in [0.1, 0.15) is 12.9 Å². The zero-order valence-electron chi connectivity index (χ0n) is 12.2. The van der Waals surface area contributed by atoms with E-state index in [-0.39, 0.29) is 5.91 Å². The Morgan fingerprint density at radius 3 is 2.50 bits per heavy atom. The fraction of sp³-hybridized carbons (Fsp3) is 0.125. The van der Waals surface area contributed by atoms with Crippen molar-refractivity contribution in [2.45, 2.75) is 0 Å². The molecule has 0 aromatic heterocycles. The molecule has 22 heavy (non-hydrogen) atoms. The summed E-state index contributed by atoms with van der Waals surface area (Å²) in [4.78, 5) is 16.8. The van der Waals surface area contributed by atoms with Gasteiger partial charge >= 0.3 is 0 Å². The van der Waals surface area contributed by atoms with E-state index in [1.807, 2.05) is 0 Å². The minimum Gasteiger partial charge on any atom is -0.495 e. The molecule has 0 radical (unpaired) electrons. The van der Waals surface area contributed by atoms with Crippen LogP contribution in [-0.2, 0) is 4.84 Å². The van der Waals surface area contributed by atoms with E-state index in [0.29, 0.717) is 22.0 Å². The van der Waals surface area contributed by atoms with Crippen molar-refractivity contribution in [3.05, 3.63) is 58.6 Å². The maximum Gasteiger partial charge on any atom is 0.255 e. The van der Waals surface area contributed by atoms with E-state index in [9.17, 15) is 4.79 Å². The van der Waals surface area contributed by atoms with E-state index in [1.54, 1.807) is 48.7 Å². The maximum absolute atomic E-state index is 12.2. The summed E-state index contributed by atoms with van der Waals surface area (Å²) in [6.07, 6.45) is 1.56. The third-order valence-corrected chi connectivity index (χ3v) is 3.19. The molecular weight excluding hydrogens is 304 g/mol. The van der Waals surface area contributed by atoms with E-state index < -0.39 is 0 Å². The Hall–Kier alpha value is -2.53. The van der Waals surface area contributed by atoms with Crippen molar-refractivity contribution in [2.24, 2.45) is 5.16 Å². The number of carbonyl (C=O) groups is 1. The SMILES string of the molecule is CO/N=C/c1ccc(C(=O)Nc2ccc(OC)c(Cl)c2)cc1. The molecule has 0 aliphatic carbocycles. The number of oxime groups is 1. The number of anilines is 1. The first-order valence-electron chi connectivity index (χ1n) is 6.45. The van der Waals surface area contributed by atoms with Crippen LogP contribution in [0, 0.1) is 0 Å². The number of nitrogens with one attached hydrogen (secondary N) is 1. The van der Waals surface area contributed by atoms with Crippen LogP contribution in [0.25, 0.3) is 0 Å². The van der Waals surface area contributed by atoms with E-state index in [1.165, 1.54) is 14.2 Å². The molecule has 1 amide bonds. The van der Waals surface area contributed by atoms with Crippen LogP contribution in [-0.4, -0.2) is 26.3 Å². The Morgan fingerprint density at radius 2 is 1.91 bits per heavy atom. The molecular formula is C16H15ClN2O3. The van der Waals surface area contributed by atoms with Crippen molar-refractivity contribution in [2.75, 3.05) is 19.5 Å². The molecule has 2 rings (SSSR count). The van der Waals surface area contributed by atoms with E-state index in [4.69, 9.17) is 16.3 Å². The summed E-state index contributed by atoms with van der Waals surface area (Å²) < 4.78 is 5.07. The molecule has 2 aromatic carbocycles. The Labute approximate surface area is 133 Å². The standard InChI is InChI=1S/C16H15ClN2O3/c1-21-15-8-7-13(9-14(15)17)19-16(20)12-5-3-11(4-6-12)10-18-22-2/h3-10H,1-2H3,(H,19,20)/b18-10+. The second-order valence-corrected chi connectivity index (χ2v) is 4.75. The van der Waals surface area contributed by atoms with E-state index in [2.05, 4.69) is 15.3 Å². The molecule has 5 nitrogen and oxygen atoms in total. The minimum absolute atomic E-state index is 0.225. The second-order valence-electron chi connectivity index (χ2n) is 4.34. The van der Waals surface area contributed by atoms with Gasteiger partial charge in [0.2, 0.25) is 0 Å². The first kappa shape index (κ1) is 15.9. The predicted molar refractivity (Wildman–Crippen MR) is 87.0 cm³/mol. The lowest BCUT2D eigenvalue weighted by molar-refractivity contribution is 0.102. The Morgan fingerprint density at radius 1 is 1.18 bits per heavy atom. The molecule has 0 saturated heterocycles. The molecule has 0 saturated carbocycles. The molecule has 2 aromatic rings. The summed E-state index contributed by atoms with van der Waals surface area (Å²) in [6, 6.07) is 12.0. The van der Waals surface area contributed by atoms with Crippen molar-refractivity contribution in [3.8, 4) is 5.75 Å². The normalized spacial score (nSPS) is 10.5. The summed E-state index contributed by atoms with van der Waals surface area (Å²) in [7, 11) is 3.01. The van der Waals surface area contributed by atoms with Crippen LogP contribution in [0.5, 0.6) is 5.75 Å². The highest BCUT2D eigenvalue weighted by Gasteiger charge is 2.08. The molecule has 0 unspecified atom stereocenters. The van der Waals surface area contributed by atoms with Crippen LogP contribution in [0.2, 0.25) is 5.02 Å². The van der Waals surface area contributed by atoms with Gasteiger partial charge in [-0.3, -0.25) is 4.79 Å². The molecule has 0 aliphatic rings. The molecule has 1 N–H and O–H groups in total. The van der Waals surface area contributed by atoms with Gasteiger partial charge in [-0.1, -0.05) is 28.9 Å². The van der Waals surface area contributed by atoms with Crippen LogP contribution in [0.4, 0.5) is 5.69 Å². The number of nitrogens with zero attached hydrogens (tertiary/aromatic N) is 1. The van der Waals surface area contributed by atoms with Crippen LogP contribution >= 0.6 is 11.6 Å². The molecule has 114 valence electrons. The highest BCUT2D eigenvalue weighted by molar-refractivity contribution is 6.32. The monoisotopic (exact) mass is 318 g/mol. The van der Waals surface area contributed by atoms with Crippen molar-refractivity contribution in [3.63, 3.8) is 0 Å². The lowest BCUT2D eigenvalue weighted by Crippen LogP contribution is -2.11. The van der Waals surface area contributed by atoms with Crippen molar-refractivity contribution in [1.82, 2.24) is 0 Å². The lowest BCUT2D eigenvalue weighted by Gasteiger charge is -2.08. The number of methoxy groups -OCH3 is 1. The Balaban J connectivity index is 2.08. The first-order chi connectivity index (χ1) is 10.6. The van der Waals surface area contributed by atoms with Crippen molar-refractivity contribution in [1.29, 1.82) is 0 Å². The summed E-state index contributed by atoms with van der Waals surface area (Å²) >= 11 is 6.03. The number of halogens is 1. The summed E-state index contributed by atoms with van der Waals surface area (Å²) in [5.74, 6) is 0.331. The van der Waals surface area contributed by atoms with Gasteiger partial charge in [0.25, 0.3) is 5.91 Å². The molecule has 0 heterocycles. The average Bonchev–Trinajstić information content (AvgIpc) is 2.53. The van der Waals surface area contributed by atoms with Gasteiger partial charge in [-0.15, -0.1) is 0 Å². The molecule has 0 spiro atoms. The smallest absolute Gasteiger partial charge is 0.255 e. The number of rotatable bonds is 5. The quantitative estimate of drug-likeness (QED) is 0.677. The molecule has 0 atom stereocenters. The number of carbonyl (C=O) groups excluding carboxylic acids is 1. The summed E-state index contributed by atoms with van der Waals surface area (Å²) in [6.45, 7) is 0. The van der Waals surface area contributed by atoms with Gasteiger partial charge in [0.15, 0.2) is 0 Å². The van der Waals surface area contributed by atoms with E-state index in [0.717, 1.165) is 5.56 Å². The zero-order chi connectivity index (χ0) is 15.9. The highest BCUT2D eigenvalue weighted by Crippen LogP contribution is 2.27. The summed E-state index contributed by atoms with van der Waals surface area (Å²) in [5, 5.41) is 6.87. The van der Waals surface area contributed by atoms with Crippen LogP contribution in [0.15, 0.2) is 47.6 Å². The fourth-order valence-corrected chi connectivity index (χ4v) is 2.04. The highest BCUT2D eigenvalue weighted by atomic mass is 35.5. The first-order valence-corrected chi connectivity index (χ1v) is 6.83. The topological polar surface area (TPSA) is 59.9 Å². The maximum atomic E-state index is 12.2. The van der Waals surface area contributed by atoms with Gasteiger partial charge in [0.05, 0.1) is 18.3 Å². The van der Waals surface area contributed by atoms with Crippen LogP contribution in [0.3, 0.4) is 0 Å². The number of hydrogen-bond donors (Lipinski definition) is 1. The third kappa shape index (κ3) is 3.99. The number of benzene rings is 2. The molecule has 6 heteroatoms. The minimum atomic E-state index is -0.225. The largest absolute Gasteiger partial charge is 0.495 e. The van der Waals surface area contributed by atoms with E-state index >= 15 is 0 Å². The Kier molecular flexibility index (Phi) is 5.38. The fourth-order valence-electron chi connectivity index (χ4n) is 1.78. The molecule has 0 aliphatic heterocycles. The number of amides is 1. The van der Waals surface area contributed by atoms with Gasteiger partial charge in [-0.2, -0.15) is 0 Å². The van der Waals surface area contributed by atoms with Crippen molar-refractivity contribution >= 4 is 29.4 Å². The van der Waals surface area contributed by atoms with Gasteiger partial charge in [-0.05, 0) is 35.9 Å². The lowest BCUT2D eigenvalue weighted by atomic mass is 10.1. The van der Waals surface area contributed by atoms with Crippen LogP contribution in [0.1, 0.15) is 15.9 Å². The predicted octanol–water partition coefficient (Wildman–Crippen LogP) is 3.58. The van der Waals surface area contributed by atoms with Gasteiger partial charge in [-0.25, -0.2) is 0 Å². The van der Waals surface area contributed by atoms with Crippen LogP contribution < -0.4 is 10.1 Å². The molecule has 0 fully saturated rings. The summed E-state index contributed by atoms with van der Waals surface area (Å²) in [5.41, 5.74) is 1.97. The number of ether oxygens (including phenoxy) is 1. The number of hydrogen-bond acceptors (Lipinski definition) is 4. The zero-order valence-corrected chi connectivity index (χ0v) is 12.9. The average molecular weight is 319 g/mol. The van der Waals surface area contributed by atoms with Gasteiger partial charge < -0.3 is 14.9 Å². The Bertz CT molecular complexity index is 684.